The van der Waals surface area contributed by atoms with E-state index in [9.17, 15) is 5.21 Å². The van der Waals surface area contributed by atoms with Gasteiger partial charge in [-0.1, -0.05) is 24.9 Å². The van der Waals surface area contributed by atoms with Gasteiger partial charge in [0.2, 0.25) is 0 Å². The number of rotatable bonds is 2. The Kier molecular flexibility index (Phi) is 2.95. The fourth-order valence-electron chi connectivity index (χ4n) is 2.35. The summed E-state index contributed by atoms with van der Waals surface area (Å²) in [7, 11) is 0. The van der Waals surface area contributed by atoms with Crippen molar-refractivity contribution in [2.45, 2.75) is 26.7 Å². The predicted molar refractivity (Wildman–Crippen MR) is 75.0 cm³/mol. The first-order valence-electron chi connectivity index (χ1n) is 6.29. The van der Waals surface area contributed by atoms with Crippen LogP contribution in [0.4, 0.5) is 11.5 Å². The SMILES string of the molecule is CCCC1=Nc2c(ncc(C)c2Cl)N2CN(O)C=C12. The van der Waals surface area contributed by atoms with Gasteiger partial charge in [-0.25, -0.2) is 15.0 Å². The fraction of sp³-hybridized carbons (Fsp3) is 0.385. The molecule has 1 N–H and O–H groups in total. The van der Waals surface area contributed by atoms with Crippen LogP contribution in [-0.2, 0) is 0 Å². The first-order valence-corrected chi connectivity index (χ1v) is 6.67. The highest BCUT2D eigenvalue weighted by Gasteiger charge is 2.32. The zero-order chi connectivity index (χ0) is 13.6. The van der Waals surface area contributed by atoms with Crippen LogP contribution in [0.25, 0.3) is 0 Å². The Morgan fingerprint density at radius 1 is 1.47 bits per heavy atom. The summed E-state index contributed by atoms with van der Waals surface area (Å²) in [5.41, 5.74) is 3.47. The molecule has 0 spiro atoms. The van der Waals surface area contributed by atoms with Gasteiger partial charge < -0.3 is 4.90 Å². The van der Waals surface area contributed by atoms with Gasteiger partial charge in [-0.2, -0.15) is 0 Å². The third-order valence-corrected chi connectivity index (χ3v) is 3.76. The molecule has 1 aromatic heterocycles. The second-order valence-corrected chi connectivity index (χ2v) is 5.14. The molecular weight excluding hydrogens is 264 g/mol. The van der Waals surface area contributed by atoms with Gasteiger partial charge in [0, 0.05) is 6.20 Å². The molecule has 0 amide bonds. The number of pyridine rings is 1. The standard InChI is InChI=1S/C13H15ClN4O/c1-3-4-9-10-6-17(19)7-18(10)13-12(16-9)11(14)8(2)5-15-13/h5-6,19H,3-4,7H2,1-2H3. The number of aromatic nitrogens is 1. The summed E-state index contributed by atoms with van der Waals surface area (Å²) >= 11 is 6.33. The Hall–Kier alpha value is -1.59. The highest BCUT2D eigenvalue weighted by molar-refractivity contribution is 6.35. The smallest absolute Gasteiger partial charge is 0.162 e. The van der Waals surface area contributed by atoms with Crippen LogP contribution in [0.15, 0.2) is 23.1 Å². The molecule has 0 radical (unpaired) electrons. The molecule has 2 aliphatic rings. The van der Waals surface area contributed by atoms with E-state index in [4.69, 9.17) is 11.6 Å². The average Bonchev–Trinajstić information content (AvgIpc) is 2.77. The molecule has 3 heterocycles. The van der Waals surface area contributed by atoms with Gasteiger partial charge in [0.1, 0.15) is 12.4 Å². The third-order valence-electron chi connectivity index (χ3n) is 3.28. The molecule has 19 heavy (non-hydrogen) atoms. The number of halogens is 1. The van der Waals surface area contributed by atoms with Gasteiger partial charge in [0.05, 0.1) is 22.6 Å². The lowest BCUT2D eigenvalue weighted by molar-refractivity contribution is -0.0304. The summed E-state index contributed by atoms with van der Waals surface area (Å²) in [5, 5.41) is 11.5. The Labute approximate surface area is 116 Å². The second-order valence-electron chi connectivity index (χ2n) is 4.76. The Balaban J connectivity index is 2.18. The molecule has 0 saturated heterocycles. The van der Waals surface area contributed by atoms with Crippen molar-refractivity contribution >= 4 is 28.8 Å². The third kappa shape index (κ3) is 1.89. The van der Waals surface area contributed by atoms with Crippen molar-refractivity contribution in [1.82, 2.24) is 10.0 Å². The molecule has 3 rings (SSSR count). The van der Waals surface area contributed by atoms with E-state index in [1.54, 1.807) is 12.4 Å². The zero-order valence-corrected chi connectivity index (χ0v) is 11.6. The summed E-state index contributed by atoms with van der Waals surface area (Å²) < 4.78 is 0. The average molecular weight is 279 g/mol. The lowest BCUT2D eigenvalue weighted by Crippen LogP contribution is -2.30. The van der Waals surface area contributed by atoms with E-state index in [0.717, 1.165) is 34.9 Å². The minimum atomic E-state index is 0.359. The van der Waals surface area contributed by atoms with E-state index in [1.165, 1.54) is 0 Å². The quantitative estimate of drug-likeness (QED) is 0.902. The van der Waals surface area contributed by atoms with Crippen LogP contribution < -0.4 is 4.90 Å². The minimum Gasteiger partial charge on any atom is -0.301 e. The molecule has 1 aromatic rings. The van der Waals surface area contributed by atoms with Crippen LogP contribution in [0.5, 0.6) is 0 Å². The van der Waals surface area contributed by atoms with E-state index in [1.807, 2.05) is 11.8 Å². The Morgan fingerprint density at radius 3 is 3.00 bits per heavy atom. The van der Waals surface area contributed by atoms with Crippen molar-refractivity contribution < 1.29 is 5.21 Å². The molecule has 0 aliphatic carbocycles. The van der Waals surface area contributed by atoms with Gasteiger partial charge in [0.15, 0.2) is 5.82 Å². The molecule has 0 fully saturated rings. The van der Waals surface area contributed by atoms with Crippen molar-refractivity contribution in [2.24, 2.45) is 4.99 Å². The molecule has 0 unspecified atom stereocenters. The lowest BCUT2D eigenvalue weighted by Gasteiger charge is -2.28. The molecular formula is C13H15ClN4O. The summed E-state index contributed by atoms with van der Waals surface area (Å²) in [6, 6.07) is 0. The van der Waals surface area contributed by atoms with Gasteiger partial charge in [-0.15, -0.1) is 0 Å². The van der Waals surface area contributed by atoms with Gasteiger partial charge in [-0.05, 0) is 18.9 Å². The number of nitrogens with zero attached hydrogens (tertiary/aromatic N) is 4. The second kappa shape index (κ2) is 4.51. The van der Waals surface area contributed by atoms with Gasteiger partial charge >= 0.3 is 0 Å². The monoisotopic (exact) mass is 278 g/mol. The largest absolute Gasteiger partial charge is 0.301 e. The number of allylic oxidation sites excluding steroid dienone is 1. The van der Waals surface area contributed by atoms with Crippen LogP contribution in [-0.4, -0.2) is 27.6 Å². The summed E-state index contributed by atoms with van der Waals surface area (Å²) in [4.78, 5) is 11.0. The maximum Gasteiger partial charge on any atom is 0.162 e. The highest BCUT2D eigenvalue weighted by Crippen LogP contribution is 2.42. The number of hydrogen-bond donors (Lipinski definition) is 1. The van der Waals surface area contributed by atoms with E-state index in [-0.39, 0.29) is 0 Å². The van der Waals surface area contributed by atoms with Gasteiger partial charge in [0.25, 0.3) is 0 Å². The number of hydroxylamine groups is 2. The molecule has 6 heteroatoms. The van der Waals surface area contributed by atoms with Gasteiger partial charge in [-0.3, -0.25) is 5.21 Å². The van der Waals surface area contributed by atoms with Crippen molar-refractivity contribution in [3.05, 3.63) is 28.7 Å². The predicted octanol–water partition coefficient (Wildman–Crippen LogP) is 3.24. The zero-order valence-electron chi connectivity index (χ0n) is 10.9. The molecule has 0 atom stereocenters. The van der Waals surface area contributed by atoms with Crippen LogP contribution in [0, 0.1) is 6.92 Å². The number of fused-ring (bicyclic) bond motifs is 3. The van der Waals surface area contributed by atoms with Crippen molar-refractivity contribution in [1.29, 1.82) is 0 Å². The number of hydrogen-bond acceptors (Lipinski definition) is 5. The number of anilines is 1. The van der Waals surface area contributed by atoms with Crippen molar-refractivity contribution in [3.63, 3.8) is 0 Å². The van der Waals surface area contributed by atoms with E-state index >= 15 is 0 Å². The molecule has 0 bridgehead atoms. The highest BCUT2D eigenvalue weighted by atomic mass is 35.5. The number of aryl methyl sites for hydroxylation is 1. The van der Waals surface area contributed by atoms with Crippen LogP contribution in [0.2, 0.25) is 5.02 Å². The normalized spacial score (nSPS) is 17.1. The van der Waals surface area contributed by atoms with Crippen molar-refractivity contribution in [3.8, 4) is 0 Å². The fourth-order valence-corrected chi connectivity index (χ4v) is 2.53. The molecule has 5 nitrogen and oxygen atoms in total. The van der Waals surface area contributed by atoms with Crippen LogP contribution in [0.1, 0.15) is 25.3 Å². The molecule has 2 aliphatic heterocycles. The van der Waals surface area contributed by atoms with E-state index in [0.29, 0.717) is 23.2 Å². The van der Waals surface area contributed by atoms with Crippen molar-refractivity contribution in [2.75, 3.05) is 11.6 Å². The maximum absolute atomic E-state index is 9.69. The minimum absolute atomic E-state index is 0.359. The first-order chi connectivity index (χ1) is 9.11. The lowest BCUT2D eigenvalue weighted by atomic mass is 10.1. The molecule has 100 valence electrons. The Bertz CT molecular complexity index is 597. The molecule has 0 saturated carbocycles. The summed E-state index contributed by atoms with van der Waals surface area (Å²) in [6.45, 7) is 4.38. The van der Waals surface area contributed by atoms with E-state index < -0.39 is 0 Å². The Morgan fingerprint density at radius 2 is 2.26 bits per heavy atom. The maximum atomic E-state index is 9.69. The van der Waals surface area contributed by atoms with E-state index in [2.05, 4.69) is 16.9 Å². The van der Waals surface area contributed by atoms with Crippen LogP contribution >= 0.6 is 11.6 Å². The van der Waals surface area contributed by atoms with Crippen LogP contribution in [0.3, 0.4) is 0 Å². The number of aliphatic imine (C=N–C) groups is 1. The summed E-state index contributed by atoms with van der Waals surface area (Å²) in [6.07, 6.45) is 5.26. The topological polar surface area (TPSA) is 52.0 Å². The first kappa shape index (κ1) is 12.4. The summed E-state index contributed by atoms with van der Waals surface area (Å²) in [5.74, 6) is 0.707. The molecule has 0 aromatic carbocycles.